The molecule has 0 radical (unpaired) electrons. The van der Waals surface area contributed by atoms with Crippen LogP contribution in [0.3, 0.4) is 0 Å². The minimum atomic E-state index is -4.35. The lowest BCUT2D eigenvalue weighted by Crippen LogP contribution is -2.46. The Kier molecular flexibility index (Phi) is 23.6. The Balaban J connectivity index is 4.26. The molecule has 6 nitrogen and oxygen atoms in total. The maximum Gasteiger partial charge on any atom is 0.267 e. The first-order valence-corrected chi connectivity index (χ1v) is 15.7. The number of allylic oxidation sites excluding steroid dienone is 11. The molecule has 0 saturated carbocycles. The molecule has 0 aromatic rings. The molecule has 0 aromatic carbocycles. The van der Waals surface area contributed by atoms with Crippen LogP contribution in [0.4, 0.5) is 0 Å². The standard InChI is InChI=1S/C31H51NO5S/c1-3-5-7-9-11-13-14-15-16-17-18-19-21-23-25-27-31(34)32-29(28-38(35,36)37)30(33)26-24-22-20-12-10-8-6-4-2/h5,7,10-13,15-16,18-19,24,26,29-30,33H,3-4,6,8-9,14,17,20-23,25,27-28H2,1-2H3,(H,32,34)(H,35,36,37)/b7-5-,12-10+,13-11-,16-15-,19-18-,26-24+. The lowest BCUT2D eigenvalue weighted by Gasteiger charge is -2.21. The van der Waals surface area contributed by atoms with Gasteiger partial charge in [0.15, 0.2) is 0 Å². The number of aliphatic hydroxyl groups is 1. The number of unbranched alkanes of at least 4 members (excludes halogenated alkanes) is 5. The van der Waals surface area contributed by atoms with Crippen molar-refractivity contribution in [3.63, 3.8) is 0 Å². The first-order valence-electron chi connectivity index (χ1n) is 14.1. The van der Waals surface area contributed by atoms with Crippen LogP contribution in [0.15, 0.2) is 72.9 Å². The molecular formula is C31H51NO5S. The van der Waals surface area contributed by atoms with Crippen LogP contribution in [0.1, 0.15) is 97.3 Å². The molecule has 1 amide bonds. The fourth-order valence-electron chi connectivity index (χ4n) is 3.50. The molecule has 0 aromatic heterocycles. The fourth-order valence-corrected chi connectivity index (χ4v) is 4.23. The minimum absolute atomic E-state index is 0.231. The Morgan fingerprint density at radius 3 is 1.87 bits per heavy atom. The molecule has 0 rings (SSSR count). The van der Waals surface area contributed by atoms with E-state index < -0.39 is 28.0 Å². The molecule has 38 heavy (non-hydrogen) atoms. The molecule has 3 N–H and O–H groups in total. The van der Waals surface area contributed by atoms with E-state index in [-0.39, 0.29) is 12.3 Å². The zero-order valence-corrected chi connectivity index (χ0v) is 24.3. The van der Waals surface area contributed by atoms with Crippen molar-refractivity contribution in [2.75, 3.05) is 5.75 Å². The van der Waals surface area contributed by atoms with Crippen LogP contribution in [-0.4, -0.2) is 41.9 Å². The molecule has 0 aliphatic rings. The summed E-state index contributed by atoms with van der Waals surface area (Å²) in [5, 5.41) is 13.0. The molecule has 216 valence electrons. The second-order valence-electron chi connectivity index (χ2n) is 9.28. The van der Waals surface area contributed by atoms with Crippen molar-refractivity contribution in [2.24, 2.45) is 0 Å². The van der Waals surface area contributed by atoms with Gasteiger partial charge in [0.25, 0.3) is 10.1 Å². The molecule has 0 bridgehead atoms. The molecule has 0 spiro atoms. The third kappa shape index (κ3) is 25.4. The lowest BCUT2D eigenvalue weighted by atomic mass is 10.1. The van der Waals surface area contributed by atoms with Gasteiger partial charge in [-0.25, -0.2) is 0 Å². The van der Waals surface area contributed by atoms with Crippen molar-refractivity contribution in [1.82, 2.24) is 5.32 Å². The Morgan fingerprint density at radius 2 is 1.26 bits per heavy atom. The molecule has 0 fully saturated rings. The number of hydrogen-bond donors (Lipinski definition) is 3. The maximum absolute atomic E-state index is 12.3. The predicted octanol–water partition coefficient (Wildman–Crippen LogP) is 7.17. The summed E-state index contributed by atoms with van der Waals surface area (Å²) in [6.07, 6.45) is 34.7. The molecule has 2 atom stereocenters. The average molecular weight is 550 g/mol. The number of carbonyl (C=O) groups excluding carboxylic acids is 1. The van der Waals surface area contributed by atoms with Crippen LogP contribution in [-0.2, 0) is 14.9 Å². The first-order chi connectivity index (χ1) is 18.3. The summed E-state index contributed by atoms with van der Waals surface area (Å²) in [6.45, 7) is 4.27. The summed E-state index contributed by atoms with van der Waals surface area (Å²) in [5.74, 6) is -1.07. The monoisotopic (exact) mass is 549 g/mol. The second kappa shape index (κ2) is 25.1. The van der Waals surface area contributed by atoms with Gasteiger partial charge < -0.3 is 10.4 Å². The largest absolute Gasteiger partial charge is 0.387 e. The highest BCUT2D eigenvalue weighted by molar-refractivity contribution is 7.85. The van der Waals surface area contributed by atoms with Gasteiger partial charge in [-0.1, -0.05) is 99.6 Å². The highest BCUT2D eigenvalue weighted by Crippen LogP contribution is 2.06. The van der Waals surface area contributed by atoms with E-state index >= 15 is 0 Å². The zero-order chi connectivity index (χ0) is 28.3. The van der Waals surface area contributed by atoms with Crippen LogP contribution in [0.2, 0.25) is 0 Å². The van der Waals surface area contributed by atoms with Gasteiger partial charge in [0.1, 0.15) is 0 Å². The Bertz CT molecular complexity index is 869. The summed E-state index contributed by atoms with van der Waals surface area (Å²) >= 11 is 0. The first kappa shape index (κ1) is 35.8. The molecule has 0 saturated heterocycles. The van der Waals surface area contributed by atoms with E-state index in [0.717, 1.165) is 64.2 Å². The topological polar surface area (TPSA) is 104 Å². The summed E-state index contributed by atoms with van der Waals surface area (Å²) in [7, 11) is -4.35. The third-order valence-corrected chi connectivity index (χ3v) is 6.40. The number of rotatable bonds is 23. The summed E-state index contributed by atoms with van der Waals surface area (Å²) in [6, 6.07) is -1.09. The Morgan fingerprint density at radius 1 is 0.737 bits per heavy atom. The number of amides is 1. The number of aliphatic hydroxyl groups excluding tert-OH is 1. The molecule has 7 heteroatoms. The molecular weight excluding hydrogens is 498 g/mol. The van der Waals surface area contributed by atoms with E-state index in [0.29, 0.717) is 12.8 Å². The van der Waals surface area contributed by atoms with Crippen LogP contribution >= 0.6 is 0 Å². The number of hydrogen-bond acceptors (Lipinski definition) is 4. The number of nitrogens with one attached hydrogen (secondary N) is 1. The molecule has 0 heterocycles. The van der Waals surface area contributed by atoms with Gasteiger partial charge in [0.2, 0.25) is 5.91 Å². The second-order valence-corrected chi connectivity index (χ2v) is 10.8. The van der Waals surface area contributed by atoms with Gasteiger partial charge in [-0.3, -0.25) is 9.35 Å². The van der Waals surface area contributed by atoms with Crippen LogP contribution in [0.25, 0.3) is 0 Å². The van der Waals surface area contributed by atoms with Gasteiger partial charge >= 0.3 is 0 Å². The highest BCUT2D eigenvalue weighted by Gasteiger charge is 2.24. The van der Waals surface area contributed by atoms with E-state index in [9.17, 15) is 22.9 Å². The van der Waals surface area contributed by atoms with Crippen molar-refractivity contribution in [3.05, 3.63) is 72.9 Å². The summed E-state index contributed by atoms with van der Waals surface area (Å²) in [5.41, 5.74) is 0. The smallest absolute Gasteiger partial charge is 0.267 e. The van der Waals surface area contributed by atoms with Crippen molar-refractivity contribution in [1.29, 1.82) is 0 Å². The Labute approximate surface area is 232 Å². The van der Waals surface area contributed by atoms with E-state index in [1.807, 2.05) is 0 Å². The third-order valence-electron chi connectivity index (χ3n) is 5.62. The SMILES string of the molecule is CC/C=C\C/C=C\C/C=C\C/C=C\CCCCC(=O)NC(CS(=O)(=O)O)C(O)/C=C/CC/C=C/CCCC. The predicted molar refractivity (Wildman–Crippen MR) is 161 cm³/mol. The zero-order valence-electron chi connectivity index (χ0n) is 23.5. The summed E-state index contributed by atoms with van der Waals surface area (Å²) < 4.78 is 32.0. The van der Waals surface area contributed by atoms with Crippen LogP contribution < -0.4 is 5.32 Å². The van der Waals surface area contributed by atoms with Crippen molar-refractivity contribution >= 4 is 16.0 Å². The normalized spacial score (nSPS) is 14.7. The van der Waals surface area contributed by atoms with Crippen molar-refractivity contribution in [3.8, 4) is 0 Å². The van der Waals surface area contributed by atoms with Gasteiger partial charge in [-0.05, 0) is 64.2 Å². The minimum Gasteiger partial charge on any atom is -0.387 e. The summed E-state index contributed by atoms with van der Waals surface area (Å²) in [4.78, 5) is 12.3. The number of carbonyl (C=O) groups is 1. The van der Waals surface area contributed by atoms with E-state index in [1.165, 1.54) is 6.08 Å². The van der Waals surface area contributed by atoms with Gasteiger partial charge in [-0.15, -0.1) is 0 Å². The van der Waals surface area contributed by atoms with Crippen molar-refractivity contribution in [2.45, 2.75) is 109 Å². The average Bonchev–Trinajstić information content (AvgIpc) is 2.86. The lowest BCUT2D eigenvalue weighted by molar-refractivity contribution is -0.122. The highest BCUT2D eigenvalue weighted by atomic mass is 32.2. The molecule has 0 aliphatic carbocycles. The fraction of sp³-hybridized carbons (Fsp3) is 0.581. The maximum atomic E-state index is 12.3. The Hall–Kier alpha value is -2.22. The van der Waals surface area contributed by atoms with Crippen LogP contribution in [0, 0.1) is 0 Å². The molecule has 0 aliphatic heterocycles. The van der Waals surface area contributed by atoms with Gasteiger partial charge in [0, 0.05) is 6.42 Å². The van der Waals surface area contributed by atoms with E-state index in [4.69, 9.17) is 0 Å². The van der Waals surface area contributed by atoms with Crippen molar-refractivity contribution < 1.29 is 22.9 Å². The molecule has 2 unspecified atom stereocenters. The van der Waals surface area contributed by atoms with Crippen LogP contribution in [0.5, 0.6) is 0 Å². The van der Waals surface area contributed by atoms with E-state index in [2.05, 4.69) is 79.9 Å². The van der Waals surface area contributed by atoms with Gasteiger partial charge in [-0.2, -0.15) is 8.42 Å². The van der Waals surface area contributed by atoms with Gasteiger partial charge in [0.05, 0.1) is 17.9 Å². The quantitative estimate of drug-likeness (QED) is 0.0712. The van der Waals surface area contributed by atoms with E-state index in [1.54, 1.807) is 6.08 Å².